The number of nitrogens with zero attached hydrogens (tertiary/aromatic N) is 2. The Morgan fingerprint density at radius 2 is 1.75 bits per heavy atom. The van der Waals surface area contributed by atoms with Crippen LogP contribution in [-0.2, 0) is 15.9 Å². The van der Waals surface area contributed by atoms with Crippen LogP contribution in [0.5, 0.6) is 11.8 Å². The van der Waals surface area contributed by atoms with Gasteiger partial charge in [0.2, 0.25) is 17.4 Å². The summed E-state index contributed by atoms with van der Waals surface area (Å²) in [4.78, 5) is 4.31. The summed E-state index contributed by atoms with van der Waals surface area (Å²) in [7, 11) is 0. The number of hydrogen-bond donors (Lipinski definition) is 2. The zero-order valence-electron chi connectivity index (χ0n) is 13.8. The van der Waals surface area contributed by atoms with Crippen LogP contribution < -0.4 is 0 Å². The molecule has 1 fully saturated rings. The maximum atomic E-state index is 10.8. The van der Waals surface area contributed by atoms with Gasteiger partial charge in [0.15, 0.2) is 0 Å². The Morgan fingerprint density at radius 1 is 1.17 bits per heavy atom. The van der Waals surface area contributed by atoms with Crippen molar-refractivity contribution in [3.8, 4) is 17.4 Å². The van der Waals surface area contributed by atoms with Crippen LogP contribution in [0.2, 0.25) is 0 Å². The minimum absolute atomic E-state index is 0.0241. The number of benzene rings is 1. The Balaban J connectivity index is 1.96. The normalized spacial score (nSPS) is 27.2. The van der Waals surface area contributed by atoms with Crippen LogP contribution in [-0.4, -0.2) is 21.0 Å². The van der Waals surface area contributed by atoms with Gasteiger partial charge in [0.1, 0.15) is 0 Å². The molecule has 1 saturated heterocycles. The summed E-state index contributed by atoms with van der Waals surface area (Å²) in [5, 5.41) is 21.7. The average molecular weight is 342 g/mol. The molecule has 2 bridgehead atoms. The van der Waals surface area contributed by atoms with Crippen LogP contribution in [0, 0.1) is 6.57 Å². The lowest BCUT2D eigenvalue weighted by Crippen LogP contribution is -2.17. The fourth-order valence-electron chi connectivity index (χ4n) is 4.12. The van der Waals surface area contributed by atoms with Crippen molar-refractivity contribution >= 4 is 17.4 Å². The molecule has 1 aromatic carbocycles. The second kappa shape index (κ2) is 4.71. The molecule has 0 spiro atoms. The van der Waals surface area contributed by atoms with Gasteiger partial charge in [-0.05, 0) is 45.1 Å². The lowest BCUT2D eigenvalue weighted by molar-refractivity contribution is -0.0683. The van der Waals surface area contributed by atoms with Crippen molar-refractivity contribution in [1.29, 1.82) is 0 Å². The molecule has 2 atom stereocenters. The molecule has 2 N–H and O–H groups in total. The molecule has 1 aromatic heterocycles. The van der Waals surface area contributed by atoms with E-state index in [4.69, 9.17) is 11.3 Å². The van der Waals surface area contributed by atoms with Crippen molar-refractivity contribution in [3.63, 3.8) is 0 Å². The van der Waals surface area contributed by atoms with Crippen LogP contribution in [0.1, 0.15) is 37.8 Å². The fraction of sp³-hybridized carbons (Fsp3) is 0.389. The van der Waals surface area contributed by atoms with Crippen LogP contribution in [0.15, 0.2) is 23.1 Å². The minimum Gasteiger partial charge on any atom is -0.494 e. The molecule has 2 aliphatic heterocycles. The summed E-state index contributed by atoms with van der Waals surface area (Å²) >= 11 is 1.47. The fourth-order valence-corrected chi connectivity index (χ4v) is 4.68. The van der Waals surface area contributed by atoms with Gasteiger partial charge in [-0.1, -0.05) is 6.07 Å². The zero-order chi connectivity index (χ0) is 17.3. The smallest absolute Gasteiger partial charge is 0.205 e. The van der Waals surface area contributed by atoms with Gasteiger partial charge in [-0.3, -0.25) is 4.57 Å². The molecule has 0 saturated carbocycles. The lowest BCUT2D eigenvalue weighted by Gasteiger charge is -2.21. The maximum Gasteiger partial charge on any atom is 0.205 e. The Kier molecular flexibility index (Phi) is 3.03. The number of fused-ring (bicyclic) bond motifs is 5. The Hall–Kier alpha value is -2.10. The van der Waals surface area contributed by atoms with E-state index < -0.39 is 11.2 Å². The summed E-state index contributed by atoms with van der Waals surface area (Å²) in [6.45, 7) is 11.1. The van der Waals surface area contributed by atoms with E-state index in [1.165, 1.54) is 16.3 Å². The molecule has 24 heavy (non-hydrogen) atoms. The SMILES string of the molecule is [C-]#[N+]c1ccc(-n2c(O)c3c(c2O)C2(C)CCC3(C)O2)cc1SC. The van der Waals surface area contributed by atoms with E-state index in [-0.39, 0.29) is 11.8 Å². The zero-order valence-corrected chi connectivity index (χ0v) is 14.6. The van der Waals surface area contributed by atoms with Crippen molar-refractivity contribution in [1.82, 2.24) is 4.57 Å². The molecule has 0 aliphatic carbocycles. The molecule has 2 unspecified atom stereocenters. The van der Waals surface area contributed by atoms with Crippen molar-refractivity contribution in [2.75, 3.05) is 6.26 Å². The minimum atomic E-state index is -0.560. The van der Waals surface area contributed by atoms with Gasteiger partial charge < -0.3 is 14.9 Å². The molecule has 2 aliphatic rings. The number of aromatic nitrogens is 1. The summed E-state index contributed by atoms with van der Waals surface area (Å²) in [6, 6.07) is 5.28. The van der Waals surface area contributed by atoms with Gasteiger partial charge in [0.25, 0.3) is 0 Å². The second-order valence-corrected chi connectivity index (χ2v) is 7.61. The van der Waals surface area contributed by atoms with E-state index in [0.717, 1.165) is 17.7 Å². The topological polar surface area (TPSA) is 59.0 Å². The summed E-state index contributed by atoms with van der Waals surface area (Å²) in [6.07, 6.45) is 3.54. The lowest BCUT2D eigenvalue weighted by atomic mass is 9.80. The quantitative estimate of drug-likeness (QED) is 0.627. The van der Waals surface area contributed by atoms with Crippen molar-refractivity contribution in [3.05, 3.63) is 40.7 Å². The van der Waals surface area contributed by atoms with Gasteiger partial charge in [0, 0.05) is 4.90 Å². The number of aromatic hydroxyl groups is 2. The highest BCUT2D eigenvalue weighted by atomic mass is 32.2. The number of thioether (sulfide) groups is 1. The highest BCUT2D eigenvalue weighted by Crippen LogP contribution is 2.64. The van der Waals surface area contributed by atoms with E-state index >= 15 is 0 Å². The van der Waals surface area contributed by atoms with Gasteiger partial charge in [-0.25, -0.2) is 4.85 Å². The molecule has 0 amide bonds. The third-order valence-corrected chi connectivity index (χ3v) is 6.02. The van der Waals surface area contributed by atoms with Crippen molar-refractivity contribution in [2.24, 2.45) is 0 Å². The van der Waals surface area contributed by atoms with E-state index in [1.807, 2.05) is 26.2 Å². The first-order chi connectivity index (χ1) is 11.3. The highest BCUT2D eigenvalue weighted by molar-refractivity contribution is 7.98. The second-order valence-electron chi connectivity index (χ2n) is 6.76. The van der Waals surface area contributed by atoms with E-state index in [1.54, 1.807) is 12.1 Å². The third-order valence-electron chi connectivity index (χ3n) is 5.25. The van der Waals surface area contributed by atoms with E-state index in [9.17, 15) is 10.2 Å². The highest BCUT2D eigenvalue weighted by Gasteiger charge is 2.59. The molecule has 5 nitrogen and oxygen atoms in total. The summed E-state index contributed by atoms with van der Waals surface area (Å²) < 4.78 is 7.58. The summed E-state index contributed by atoms with van der Waals surface area (Å²) in [5.41, 5.74) is 1.46. The van der Waals surface area contributed by atoms with Crippen molar-refractivity contribution < 1.29 is 14.9 Å². The summed E-state index contributed by atoms with van der Waals surface area (Å²) in [5.74, 6) is 0.0482. The van der Waals surface area contributed by atoms with Gasteiger partial charge in [0.05, 0.1) is 34.6 Å². The van der Waals surface area contributed by atoms with Crippen LogP contribution in [0.4, 0.5) is 5.69 Å². The first-order valence-corrected chi connectivity index (χ1v) is 9.01. The molecule has 124 valence electrons. The number of hydrogen-bond acceptors (Lipinski definition) is 4. The van der Waals surface area contributed by atoms with Gasteiger partial charge in [-0.2, -0.15) is 0 Å². The Labute approximate surface area is 144 Å². The molecule has 2 aromatic rings. The Bertz CT molecular complexity index is 874. The largest absolute Gasteiger partial charge is 0.494 e. The number of ether oxygens (including phenoxy) is 1. The van der Waals surface area contributed by atoms with Gasteiger partial charge >= 0.3 is 0 Å². The Morgan fingerprint density at radius 3 is 2.25 bits per heavy atom. The van der Waals surface area contributed by atoms with Crippen LogP contribution >= 0.6 is 11.8 Å². The van der Waals surface area contributed by atoms with Crippen LogP contribution in [0.3, 0.4) is 0 Å². The maximum absolute atomic E-state index is 10.8. The molecule has 4 rings (SSSR count). The van der Waals surface area contributed by atoms with Crippen LogP contribution in [0.25, 0.3) is 10.5 Å². The van der Waals surface area contributed by atoms with Gasteiger partial charge in [-0.15, -0.1) is 11.8 Å². The third kappa shape index (κ3) is 1.74. The van der Waals surface area contributed by atoms with Crippen molar-refractivity contribution in [2.45, 2.75) is 42.8 Å². The van der Waals surface area contributed by atoms with E-state index in [0.29, 0.717) is 22.5 Å². The number of rotatable bonds is 2. The first kappa shape index (κ1) is 15.4. The molecular formula is C18H18N2O3S. The molecule has 0 radical (unpaired) electrons. The average Bonchev–Trinajstić information content (AvgIpc) is 3.11. The molecular weight excluding hydrogens is 324 g/mol. The predicted molar refractivity (Wildman–Crippen MR) is 92.2 cm³/mol. The standard InChI is InChI=1S/C18H18N2O3S/c1-17-7-8-18(2,23-17)14-13(17)15(21)20(16(14)22)10-5-6-11(19-3)12(9-10)24-4/h5-6,9,21-22H,7-8H2,1-2,4H3. The van der Waals surface area contributed by atoms with E-state index in [2.05, 4.69) is 4.85 Å². The first-order valence-electron chi connectivity index (χ1n) is 7.78. The molecule has 6 heteroatoms. The molecule has 3 heterocycles. The predicted octanol–water partition coefficient (Wildman–Crippen LogP) is 4.42. The monoisotopic (exact) mass is 342 g/mol.